The lowest BCUT2D eigenvalue weighted by molar-refractivity contribution is -0.125. The fourth-order valence-corrected chi connectivity index (χ4v) is 5.68. The molecule has 0 fully saturated rings. The zero-order valence-electron chi connectivity index (χ0n) is 26.3. The molecule has 3 aromatic rings. The van der Waals surface area contributed by atoms with Crippen molar-refractivity contribution in [3.63, 3.8) is 0 Å². The molecule has 0 aliphatic rings. The Hall–Kier alpha value is -3.99. The Labute approximate surface area is 267 Å². The molecule has 0 aliphatic carbocycles. The van der Waals surface area contributed by atoms with Gasteiger partial charge in [-0.3, -0.25) is 19.2 Å². The molecule has 0 unspecified atom stereocenters. The molecule has 0 radical (unpaired) electrons. The van der Waals surface area contributed by atoms with Crippen molar-refractivity contribution in [2.75, 3.05) is 31.1 Å². The van der Waals surface area contributed by atoms with Crippen LogP contribution in [0.15, 0.2) is 60.8 Å². The maximum Gasteiger partial charge on any atom is 0.239 e. The molecule has 0 spiro atoms. The van der Waals surface area contributed by atoms with Crippen LogP contribution in [0.2, 0.25) is 0 Å². The number of amides is 3. The first-order valence-corrected chi connectivity index (χ1v) is 16.1. The van der Waals surface area contributed by atoms with E-state index >= 15 is 0 Å². The van der Waals surface area contributed by atoms with E-state index in [0.29, 0.717) is 17.9 Å². The predicted octanol–water partition coefficient (Wildman–Crippen LogP) is 5.06. The minimum atomic E-state index is -0.525. The number of halogens is 2. The largest absolute Gasteiger partial charge is 0.354 e. The van der Waals surface area contributed by atoms with Crippen LogP contribution >= 0.6 is 11.8 Å². The number of nitrogens with zero attached hydrogens (tertiary/aromatic N) is 1. The van der Waals surface area contributed by atoms with E-state index in [1.807, 2.05) is 47.2 Å². The van der Waals surface area contributed by atoms with E-state index in [4.69, 9.17) is 0 Å². The Bertz CT molecular complexity index is 1470. The molecule has 0 saturated heterocycles. The second-order valence-electron chi connectivity index (χ2n) is 12.0. The van der Waals surface area contributed by atoms with Gasteiger partial charge < -0.3 is 20.5 Å². The molecule has 3 rings (SSSR count). The highest BCUT2D eigenvalue weighted by molar-refractivity contribution is 7.99. The van der Waals surface area contributed by atoms with Crippen LogP contribution in [0.5, 0.6) is 0 Å². The van der Waals surface area contributed by atoms with Crippen molar-refractivity contribution in [1.29, 1.82) is 0 Å². The average molecular weight is 641 g/mol. The average Bonchev–Trinajstić information content (AvgIpc) is 3.39. The van der Waals surface area contributed by atoms with Gasteiger partial charge in [-0.1, -0.05) is 51.1 Å². The van der Waals surface area contributed by atoms with Crippen LogP contribution in [0.1, 0.15) is 57.7 Å². The van der Waals surface area contributed by atoms with Gasteiger partial charge in [-0.15, -0.1) is 0 Å². The molecule has 45 heavy (non-hydrogen) atoms. The van der Waals surface area contributed by atoms with Crippen molar-refractivity contribution in [2.24, 2.45) is 5.41 Å². The summed E-state index contributed by atoms with van der Waals surface area (Å²) in [6, 6.07) is 15.1. The topological polar surface area (TPSA) is 109 Å². The fourth-order valence-electron chi connectivity index (χ4n) is 4.86. The molecule has 0 aliphatic heterocycles. The molecule has 0 saturated carbocycles. The first-order valence-electron chi connectivity index (χ1n) is 14.9. The summed E-state index contributed by atoms with van der Waals surface area (Å²) in [6.45, 7) is 8.40. The lowest BCUT2D eigenvalue weighted by Crippen LogP contribution is -2.40. The maximum absolute atomic E-state index is 14.8. The van der Waals surface area contributed by atoms with Crippen molar-refractivity contribution in [3.05, 3.63) is 83.7 Å². The van der Waals surface area contributed by atoms with Crippen molar-refractivity contribution < 1.29 is 28.0 Å². The third kappa shape index (κ3) is 11.8. The number of benzene rings is 2. The highest BCUT2D eigenvalue weighted by Crippen LogP contribution is 2.41. The number of hydrogen-bond donors (Lipinski definition) is 3. The number of carbonyl (C=O) groups excluding carboxylic acids is 4. The van der Waals surface area contributed by atoms with E-state index in [-0.39, 0.29) is 78.6 Å². The number of carbonyl (C=O) groups is 4. The first kappa shape index (κ1) is 35.5. The summed E-state index contributed by atoms with van der Waals surface area (Å²) in [5.74, 6) is -1.34. The highest BCUT2D eigenvalue weighted by Gasteiger charge is 2.31. The van der Waals surface area contributed by atoms with Crippen LogP contribution in [0.3, 0.4) is 0 Å². The molecule has 242 valence electrons. The number of thioether (sulfide) groups is 1. The van der Waals surface area contributed by atoms with Gasteiger partial charge in [-0.25, -0.2) is 8.78 Å². The first-order chi connectivity index (χ1) is 21.3. The molecule has 1 aromatic heterocycles. The third-order valence-electron chi connectivity index (χ3n) is 7.20. The van der Waals surface area contributed by atoms with Gasteiger partial charge in [0, 0.05) is 74.1 Å². The SMILES string of the molecule is CC(=O)NCC(=O)NCCNC(=O)CCSCC(=O)C[C@@H](c1cc(-c2cc(F)ccc2F)cn1Cc1ccccc1)C(C)(C)C. The smallest absolute Gasteiger partial charge is 0.239 e. The van der Waals surface area contributed by atoms with Gasteiger partial charge in [0.05, 0.1) is 12.3 Å². The molecule has 11 heteroatoms. The van der Waals surface area contributed by atoms with Crippen molar-refractivity contribution in [3.8, 4) is 11.1 Å². The van der Waals surface area contributed by atoms with Crippen molar-refractivity contribution >= 4 is 35.3 Å². The summed E-state index contributed by atoms with van der Waals surface area (Å²) < 4.78 is 30.9. The van der Waals surface area contributed by atoms with Crippen molar-refractivity contribution in [2.45, 2.75) is 53.0 Å². The Morgan fingerprint density at radius 3 is 2.27 bits per heavy atom. The number of Topliss-reactive ketones (excluding diaryl/α,β-unsaturated/α-hetero) is 1. The molecule has 3 amide bonds. The van der Waals surface area contributed by atoms with Crippen LogP contribution in [0, 0.1) is 17.0 Å². The van der Waals surface area contributed by atoms with E-state index in [9.17, 15) is 28.0 Å². The Morgan fingerprint density at radius 1 is 0.911 bits per heavy atom. The molecule has 2 aromatic carbocycles. The molecule has 3 N–H and O–H groups in total. The highest BCUT2D eigenvalue weighted by atomic mass is 32.2. The monoisotopic (exact) mass is 640 g/mol. The van der Waals surface area contributed by atoms with E-state index in [2.05, 4.69) is 36.7 Å². The van der Waals surface area contributed by atoms with E-state index in [1.54, 1.807) is 0 Å². The van der Waals surface area contributed by atoms with Crippen LogP contribution < -0.4 is 16.0 Å². The van der Waals surface area contributed by atoms with Crippen LogP contribution in [-0.4, -0.2) is 59.2 Å². The lowest BCUT2D eigenvalue weighted by Gasteiger charge is -2.31. The van der Waals surface area contributed by atoms with Gasteiger partial charge in [0.25, 0.3) is 0 Å². The van der Waals surface area contributed by atoms with Crippen LogP contribution in [0.4, 0.5) is 8.78 Å². The van der Waals surface area contributed by atoms with E-state index in [0.717, 1.165) is 23.4 Å². The van der Waals surface area contributed by atoms with Gasteiger partial charge >= 0.3 is 0 Å². The zero-order chi connectivity index (χ0) is 33.0. The third-order valence-corrected chi connectivity index (χ3v) is 8.22. The second-order valence-corrected chi connectivity index (χ2v) is 13.1. The van der Waals surface area contributed by atoms with Gasteiger partial charge in [0.15, 0.2) is 0 Å². The minimum Gasteiger partial charge on any atom is -0.354 e. The van der Waals surface area contributed by atoms with Gasteiger partial charge in [-0.05, 0) is 35.2 Å². The fraction of sp³-hybridized carbons (Fsp3) is 0.412. The summed E-state index contributed by atoms with van der Waals surface area (Å²) in [4.78, 5) is 47.8. The summed E-state index contributed by atoms with van der Waals surface area (Å²) in [6.07, 6.45) is 2.30. The summed E-state index contributed by atoms with van der Waals surface area (Å²) in [7, 11) is 0. The lowest BCUT2D eigenvalue weighted by atomic mass is 9.75. The molecule has 8 nitrogen and oxygen atoms in total. The molecule has 1 heterocycles. The number of ketones is 1. The number of rotatable bonds is 16. The molecular weight excluding hydrogens is 598 g/mol. The Balaban J connectivity index is 1.61. The summed E-state index contributed by atoms with van der Waals surface area (Å²) in [5, 5.41) is 7.71. The Kier molecular flexibility index (Phi) is 13.3. The van der Waals surface area contributed by atoms with Crippen molar-refractivity contribution in [1.82, 2.24) is 20.5 Å². The summed E-state index contributed by atoms with van der Waals surface area (Å²) in [5.41, 5.74) is 2.31. The van der Waals surface area contributed by atoms with Gasteiger partial charge in [0.2, 0.25) is 17.7 Å². The zero-order valence-corrected chi connectivity index (χ0v) is 27.1. The van der Waals surface area contributed by atoms with Crippen LogP contribution in [0.25, 0.3) is 11.1 Å². The van der Waals surface area contributed by atoms with Gasteiger partial charge in [0.1, 0.15) is 17.4 Å². The van der Waals surface area contributed by atoms with Gasteiger partial charge in [-0.2, -0.15) is 11.8 Å². The van der Waals surface area contributed by atoms with Crippen LogP contribution in [-0.2, 0) is 25.7 Å². The number of nitrogens with one attached hydrogen (secondary N) is 3. The normalized spacial score (nSPS) is 12.0. The second kappa shape index (κ2) is 16.9. The number of hydrogen-bond acceptors (Lipinski definition) is 5. The molecule has 1 atom stereocenters. The van der Waals surface area contributed by atoms with E-state index < -0.39 is 11.6 Å². The molecule has 0 bridgehead atoms. The predicted molar refractivity (Wildman–Crippen MR) is 174 cm³/mol. The quantitative estimate of drug-likeness (QED) is 0.190. The molecular formula is C34H42F2N4O4S. The summed E-state index contributed by atoms with van der Waals surface area (Å²) >= 11 is 1.38. The maximum atomic E-state index is 14.8. The van der Waals surface area contributed by atoms with E-state index in [1.165, 1.54) is 24.8 Å². The number of aromatic nitrogens is 1. The minimum absolute atomic E-state index is 0.0353. The standard InChI is InChI=1S/C34H42F2N4O4S/c1-23(41)39-19-33(44)38-14-13-37-32(43)12-15-45-22-27(42)18-29(34(2,3)4)31-16-25(28-17-26(35)10-11-30(28)36)21-40(31)20-24-8-6-5-7-9-24/h5-11,16-17,21,29H,12-15,18-20,22H2,1-4H3,(H,37,43)(H,38,44)(H,39,41)/t29-/m0/s1. The Morgan fingerprint density at radius 2 is 1.60 bits per heavy atom.